The number of ether oxygens (including phenoxy) is 1. The lowest BCUT2D eigenvalue weighted by atomic mass is 9.78. The van der Waals surface area contributed by atoms with Gasteiger partial charge < -0.3 is 10.1 Å². The Morgan fingerprint density at radius 3 is 2.96 bits per heavy atom. The van der Waals surface area contributed by atoms with E-state index in [1.807, 2.05) is 28.8 Å². The van der Waals surface area contributed by atoms with Gasteiger partial charge in [0.2, 0.25) is 5.91 Å². The van der Waals surface area contributed by atoms with Gasteiger partial charge in [0.25, 0.3) is 0 Å². The first-order valence-electron chi connectivity index (χ1n) is 9.05. The van der Waals surface area contributed by atoms with Crippen LogP contribution in [0.3, 0.4) is 0 Å². The molecule has 2 aromatic rings. The zero-order valence-electron chi connectivity index (χ0n) is 15.5. The number of nitrogens with zero attached hydrogens (tertiary/aromatic N) is 3. The molecule has 0 saturated heterocycles. The van der Waals surface area contributed by atoms with Gasteiger partial charge in [0, 0.05) is 6.04 Å². The number of aromatic nitrogens is 3. The van der Waals surface area contributed by atoms with Gasteiger partial charge >= 0.3 is 0 Å². The van der Waals surface area contributed by atoms with E-state index in [2.05, 4.69) is 29.4 Å². The molecule has 3 rings (SSSR count). The Morgan fingerprint density at radius 2 is 2.15 bits per heavy atom. The van der Waals surface area contributed by atoms with Crippen LogP contribution in [-0.4, -0.2) is 39.6 Å². The summed E-state index contributed by atoms with van der Waals surface area (Å²) in [4.78, 5) is 12.4. The van der Waals surface area contributed by atoms with Crippen molar-refractivity contribution in [1.82, 2.24) is 20.1 Å². The second-order valence-electron chi connectivity index (χ2n) is 6.89. The number of thioether (sulfide) groups is 1. The van der Waals surface area contributed by atoms with E-state index in [9.17, 15) is 4.79 Å². The number of methoxy groups -OCH3 is 1. The third-order valence-electron chi connectivity index (χ3n) is 5.25. The van der Waals surface area contributed by atoms with Crippen molar-refractivity contribution in [3.63, 3.8) is 0 Å². The molecule has 0 unspecified atom stereocenters. The van der Waals surface area contributed by atoms with E-state index in [1.54, 1.807) is 13.4 Å². The molecule has 7 heteroatoms. The molecule has 1 aromatic heterocycles. The van der Waals surface area contributed by atoms with Crippen LogP contribution in [0.15, 0.2) is 35.7 Å². The molecule has 1 aliphatic rings. The lowest BCUT2D eigenvalue weighted by Crippen LogP contribution is -2.44. The Morgan fingerprint density at radius 1 is 1.35 bits per heavy atom. The third-order valence-corrected chi connectivity index (χ3v) is 6.19. The number of hydrogen-bond acceptors (Lipinski definition) is 5. The first-order chi connectivity index (χ1) is 12.6. The highest BCUT2D eigenvalue weighted by atomic mass is 32.2. The monoisotopic (exact) mass is 374 g/mol. The van der Waals surface area contributed by atoms with E-state index < -0.39 is 0 Å². The van der Waals surface area contributed by atoms with Crippen LogP contribution in [0.5, 0.6) is 5.75 Å². The molecule has 0 bridgehead atoms. The van der Waals surface area contributed by atoms with E-state index >= 15 is 0 Å². The van der Waals surface area contributed by atoms with Crippen LogP contribution in [-0.2, 0) is 4.79 Å². The third kappa shape index (κ3) is 4.20. The molecule has 1 N–H and O–H groups in total. The van der Waals surface area contributed by atoms with Crippen LogP contribution in [0.25, 0.3) is 5.69 Å². The van der Waals surface area contributed by atoms with E-state index in [-0.39, 0.29) is 11.9 Å². The zero-order chi connectivity index (χ0) is 18.5. The molecule has 6 nitrogen and oxygen atoms in total. The SMILES string of the molecule is COc1ccccc1-n1cnnc1SCC(=O)N[C@@H]1CCC[C@@H](C)[C@H]1C. The largest absolute Gasteiger partial charge is 0.495 e. The van der Waals surface area contributed by atoms with Crippen LogP contribution in [0.4, 0.5) is 0 Å². The molecule has 1 aliphatic carbocycles. The normalized spacial score (nSPS) is 22.8. The molecule has 0 radical (unpaired) electrons. The quantitative estimate of drug-likeness (QED) is 0.786. The first-order valence-corrected chi connectivity index (χ1v) is 10.0. The van der Waals surface area contributed by atoms with Crippen molar-refractivity contribution in [2.24, 2.45) is 11.8 Å². The molecule has 140 valence electrons. The predicted molar refractivity (Wildman–Crippen MR) is 103 cm³/mol. The lowest BCUT2D eigenvalue weighted by molar-refractivity contribution is -0.120. The molecule has 1 aromatic carbocycles. The van der Waals surface area contributed by atoms with Crippen molar-refractivity contribution in [3.8, 4) is 11.4 Å². The summed E-state index contributed by atoms with van der Waals surface area (Å²) >= 11 is 1.39. The molecule has 0 aliphatic heterocycles. The van der Waals surface area contributed by atoms with Gasteiger partial charge in [-0.3, -0.25) is 9.36 Å². The summed E-state index contributed by atoms with van der Waals surface area (Å²) < 4.78 is 7.26. The molecule has 0 spiro atoms. The molecule has 3 atom stereocenters. The summed E-state index contributed by atoms with van der Waals surface area (Å²) in [6.45, 7) is 4.51. The maximum Gasteiger partial charge on any atom is 0.230 e. The summed E-state index contributed by atoms with van der Waals surface area (Å²) in [6.07, 6.45) is 5.15. The molecule has 1 fully saturated rings. The van der Waals surface area contributed by atoms with Crippen LogP contribution in [0.2, 0.25) is 0 Å². The lowest BCUT2D eigenvalue weighted by Gasteiger charge is -2.34. The van der Waals surface area contributed by atoms with Crippen LogP contribution >= 0.6 is 11.8 Å². The van der Waals surface area contributed by atoms with E-state index in [0.29, 0.717) is 22.7 Å². The number of carbonyl (C=O) groups is 1. The maximum atomic E-state index is 12.4. The van der Waals surface area contributed by atoms with Crippen LogP contribution in [0.1, 0.15) is 33.1 Å². The molecule has 1 saturated carbocycles. The number of carbonyl (C=O) groups excluding carboxylic acids is 1. The number of nitrogens with one attached hydrogen (secondary N) is 1. The fourth-order valence-corrected chi connectivity index (χ4v) is 4.21. The van der Waals surface area contributed by atoms with Crippen molar-refractivity contribution < 1.29 is 9.53 Å². The Hall–Kier alpha value is -2.02. The highest BCUT2D eigenvalue weighted by molar-refractivity contribution is 7.99. The highest BCUT2D eigenvalue weighted by Gasteiger charge is 2.28. The number of benzene rings is 1. The summed E-state index contributed by atoms with van der Waals surface area (Å²) in [5.74, 6) is 2.30. The average Bonchev–Trinajstić information content (AvgIpc) is 3.12. The van der Waals surface area contributed by atoms with Crippen molar-refractivity contribution in [3.05, 3.63) is 30.6 Å². The zero-order valence-corrected chi connectivity index (χ0v) is 16.3. The molecule has 1 heterocycles. The minimum Gasteiger partial charge on any atom is -0.495 e. The van der Waals surface area contributed by atoms with Gasteiger partial charge in [-0.15, -0.1) is 10.2 Å². The smallest absolute Gasteiger partial charge is 0.230 e. The van der Waals surface area contributed by atoms with E-state index in [1.165, 1.54) is 24.6 Å². The summed E-state index contributed by atoms with van der Waals surface area (Å²) in [5, 5.41) is 12.0. The summed E-state index contributed by atoms with van der Waals surface area (Å²) in [5.41, 5.74) is 0.859. The summed E-state index contributed by atoms with van der Waals surface area (Å²) in [6, 6.07) is 7.96. The number of rotatable bonds is 6. The molecule has 1 amide bonds. The number of amides is 1. The minimum atomic E-state index is 0.0514. The Bertz CT molecular complexity index is 749. The standard InChI is InChI=1S/C19H26N4O2S/c1-13-7-6-8-15(14(13)2)21-18(24)11-26-19-22-20-12-23(19)16-9-4-5-10-17(16)25-3/h4-5,9-10,12-15H,6-8,11H2,1-3H3,(H,21,24)/t13-,14-,15-/m1/s1. The second kappa shape index (κ2) is 8.58. The Kier molecular flexibility index (Phi) is 6.19. The topological polar surface area (TPSA) is 69.0 Å². The minimum absolute atomic E-state index is 0.0514. The van der Waals surface area contributed by atoms with Crippen molar-refractivity contribution >= 4 is 17.7 Å². The fourth-order valence-electron chi connectivity index (χ4n) is 3.48. The summed E-state index contributed by atoms with van der Waals surface area (Å²) in [7, 11) is 1.63. The Balaban J connectivity index is 1.62. The van der Waals surface area contributed by atoms with Crippen LogP contribution in [0, 0.1) is 11.8 Å². The maximum absolute atomic E-state index is 12.4. The average molecular weight is 375 g/mol. The second-order valence-corrected chi connectivity index (χ2v) is 7.83. The van der Waals surface area contributed by atoms with E-state index in [0.717, 1.165) is 17.9 Å². The van der Waals surface area contributed by atoms with Gasteiger partial charge in [0.1, 0.15) is 12.1 Å². The molecular weight excluding hydrogens is 348 g/mol. The van der Waals surface area contributed by atoms with Gasteiger partial charge in [0.15, 0.2) is 5.16 Å². The van der Waals surface area contributed by atoms with Crippen molar-refractivity contribution in [2.75, 3.05) is 12.9 Å². The van der Waals surface area contributed by atoms with Gasteiger partial charge in [-0.1, -0.05) is 50.6 Å². The van der Waals surface area contributed by atoms with Gasteiger partial charge in [-0.2, -0.15) is 0 Å². The van der Waals surface area contributed by atoms with Crippen LogP contribution < -0.4 is 10.1 Å². The Labute approximate surface area is 158 Å². The number of para-hydroxylation sites is 2. The van der Waals surface area contributed by atoms with E-state index in [4.69, 9.17) is 4.74 Å². The van der Waals surface area contributed by atoms with Crippen molar-refractivity contribution in [2.45, 2.75) is 44.3 Å². The molecule has 26 heavy (non-hydrogen) atoms. The highest BCUT2D eigenvalue weighted by Crippen LogP contribution is 2.30. The van der Waals surface area contributed by atoms with Gasteiger partial charge in [0.05, 0.1) is 18.6 Å². The van der Waals surface area contributed by atoms with Gasteiger partial charge in [-0.25, -0.2) is 0 Å². The predicted octanol–water partition coefficient (Wildman–Crippen LogP) is 3.31. The number of hydrogen-bond donors (Lipinski definition) is 1. The van der Waals surface area contributed by atoms with Gasteiger partial charge in [-0.05, 0) is 30.4 Å². The molecular formula is C19H26N4O2S. The fraction of sp³-hybridized carbons (Fsp3) is 0.526. The first kappa shape index (κ1) is 18.8. The van der Waals surface area contributed by atoms with Crippen molar-refractivity contribution in [1.29, 1.82) is 0 Å².